The van der Waals surface area contributed by atoms with Crippen LogP contribution < -0.4 is 9.80 Å². The molecule has 4 nitrogen and oxygen atoms in total. The van der Waals surface area contributed by atoms with E-state index in [1.54, 1.807) is 0 Å². The van der Waals surface area contributed by atoms with Crippen molar-refractivity contribution in [3.63, 3.8) is 0 Å². The van der Waals surface area contributed by atoms with Crippen molar-refractivity contribution >= 4 is 42.1 Å². The average Bonchev–Trinajstić information content (AvgIpc) is 2.70. The molecule has 1 aromatic rings. The third kappa shape index (κ3) is 4.78. The smallest absolute Gasteiger partial charge is 0.228 e. The second-order valence-electron chi connectivity index (χ2n) is 6.27. The Labute approximate surface area is 158 Å². The molecular formula is C18H29Cl2N3O. The summed E-state index contributed by atoms with van der Waals surface area (Å²) in [5.74, 6) is 0.264. The Kier molecular flexibility index (Phi) is 8.88. The molecule has 24 heavy (non-hydrogen) atoms. The normalized spacial score (nSPS) is 18.3. The number of carbonyl (C=O) groups is 1. The van der Waals surface area contributed by atoms with E-state index < -0.39 is 0 Å². The maximum atomic E-state index is 12.6. The second kappa shape index (κ2) is 10.1. The molecule has 0 N–H and O–H groups in total. The van der Waals surface area contributed by atoms with Gasteiger partial charge in [-0.2, -0.15) is 0 Å². The molecule has 0 unspecified atom stereocenters. The van der Waals surface area contributed by atoms with Gasteiger partial charge >= 0.3 is 0 Å². The van der Waals surface area contributed by atoms with Crippen molar-refractivity contribution in [3.05, 3.63) is 24.3 Å². The molecule has 0 aliphatic carbocycles. The number of hydrogen-bond donors (Lipinski definition) is 0. The average molecular weight is 374 g/mol. The van der Waals surface area contributed by atoms with Crippen molar-refractivity contribution in [1.29, 1.82) is 0 Å². The lowest BCUT2D eigenvalue weighted by molar-refractivity contribution is -0.118. The lowest BCUT2D eigenvalue weighted by atomic mass is 10.1. The lowest BCUT2D eigenvalue weighted by Crippen LogP contribution is -2.40. The molecule has 0 aromatic heterocycles. The fraction of sp³-hybridized carbons (Fsp3) is 0.611. The summed E-state index contributed by atoms with van der Waals surface area (Å²) in [6.07, 6.45) is 4.57. The van der Waals surface area contributed by atoms with Crippen LogP contribution in [0, 0.1) is 0 Å². The van der Waals surface area contributed by atoms with Crippen molar-refractivity contribution in [2.45, 2.75) is 32.6 Å². The molecule has 0 atom stereocenters. The van der Waals surface area contributed by atoms with Gasteiger partial charge in [-0.15, -0.1) is 24.8 Å². The molecule has 1 fully saturated rings. The minimum atomic E-state index is 0. The molecule has 3 rings (SSSR count). The van der Waals surface area contributed by atoms with E-state index >= 15 is 0 Å². The number of para-hydroxylation sites is 2. The predicted octanol–water partition coefficient (Wildman–Crippen LogP) is 3.58. The highest BCUT2D eigenvalue weighted by atomic mass is 35.5. The molecule has 0 saturated carbocycles. The van der Waals surface area contributed by atoms with Gasteiger partial charge in [0.25, 0.3) is 0 Å². The van der Waals surface area contributed by atoms with E-state index in [2.05, 4.69) is 34.9 Å². The highest BCUT2D eigenvalue weighted by Gasteiger charge is 2.25. The minimum absolute atomic E-state index is 0. The van der Waals surface area contributed by atoms with Crippen molar-refractivity contribution < 1.29 is 4.79 Å². The van der Waals surface area contributed by atoms with Crippen molar-refractivity contribution in [1.82, 2.24) is 4.90 Å². The van der Waals surface area contributed by atoms with Gasteiger partial charge in [-0.1, -0.05) is 18.6 Å². The SMILES string of the molecule is CCN1CCC(=O)N(CCN2CCCCC2)c2ccccc21.Cl.Cl. The van der Waals surface area contributed by atoms with Gasteiger partial charge in [-0.05, 0) is 45.0 Å². The number of likely N-dealkylation sites (tertiary alicyclic amines) is 1. The molecule has 2 aliphatic rings. The number of nitrogens with zero attached hydrogens (tertiary/aromatic N) is 3. The van der Waals surface area contributed by atoms with Crippen LogP contribution in [0.25, 0.3) is 0 Å². The number of anilines is 2. The Hall–Kier alpha value is -0.970. The van der Waals surface area contributed by atoms with E-state index in [9.17, 15) is 4.79 Å². The summed E-state index contributed by atoms with van der Waals surface area (Å²) in [5.41, 5.74) is 2.29. The fourth-order valence-corrected chi connectivity index (χ4v) is 3.58. The molecule has 2 heterocycles. The molecule has 1 amide bonds. The van der Waals surface area contributed by atoms with Crippen LogP contribution in [0.4, 0.5) is 11.4 Å². The Morgan fingerprint density at radius 2 is 1.58 bits per heavy atom. The Balaban J connectivity index is 0.00000144. The monoisotopic (exact) mass is 373 g/mol. The first kappa shape index (κ1) is 21.1. The molecule has 2 aliphatic heterocycles. The van der Waals surface area contributed by atoms with E-state index in [4.69, 9.17) is 0 Å². The molecule has 1 aromatic carbocycles. The zero-order chi connectivity index (χ0) is 15.4. The zero-order valence-corrected chi connectivity index (χ0v) is 16.1. The van der Waals surface area contributed by atoms with E-state index in [1.807, 2.05) is 11.0 Å². The van der Waals surface area contributed by atoms with Gasteiger partial charge in [0.05, 0.1) is 11.4 Å². The third-order valence-electron chi connectivity index (χ3n) is 4.88. The van der Waals surface area contributed by atoms with E-state index in [0.29, 0.717) is 6.42 Å². The summed E-state index contributed by atoms with van der Waals surface area (Å²) >= 11 is 0. The number of benzene rings is 1. The van der Waals surface area contributed by atoms with Crippen LogP contribution >= 0.6 is 24.8 Å². The van der Waals surface area contributed by atoms with Crippen LogP contribution in [0.2, 0.25) is 0 Å². The highest BCUT2D eigenvalue weighted by molar-refractivity contribution is 5.98. The summed E-state index contributed by atoms with van der Waals surface area (Å²) in [4.78, 5) is 19.4. The van der Waals surface area contributed by atoms with E-state index in [-0.39, 0.29) is 30.7 Å². The van der Waals surface area contributed by atoms with Gasteiger partial charge in [0.2, 0.25) is 5.91 Å². The maximum absolute atomic E-state index is 12.6. The van der Waals surface area contributed by atoms with E-state index in [0.717, 1.165) is 31.9 Å². The maximum Gasteiger partial charge on any atom is 0.228 e. The van der Waals surface area contributed by atoms with Gasteiger partial charge in [0.15, 0.2) is 0 Å². The van der Waals surface area contributed by atoms with Crippen LogP contribution in [0.5, 0.6) is 0 Å². The van der Waals surface area contributed by atoms with Gasteiger partial charge in [-0.25, -0.2) is 0 Å². The number of rotatable bonds is 4. The second-order valence-corrected chi connectivity index (χ2v) is 6.27. The predicted molar refractivity (Wildman–Crippen MR) is 106 cm³/mol. The summed E-state index contributed by atoms with van der Waals surface area (Å²) < 4.78 is 0. The largest absolute Gasteiger partial charge is 0.370 e. The molecule has 6 heteroatoms. The number of carbonyl (C=O) groups excluding carboxylic acids is 1. The number of fused-ring (bicyclic) bond motifs is 1. The Morgan fingerprint density at radius 1 is 0.917 bits per heavy atom. The topological polar surface area (TPSA) is 26.8 Å². The summed E-state index contributed by atoms with van der Waals surface area (Å²) in [6, 6.07) is 8.35. The van der Waals surface area contributed by atoms with Crippen LogP contribution in [0.15, 0.2) is 24.3 Å². The van der Waals surface area contributed by atoms with Gasteiger partial charge in [0.1, 0.15) is 0 Å². The molecule has 0 bridgehead atoms. The Morgan fingerprint density at radius 3 is 2.25 bits per heavy atom. The van der Waals surface area contributed by atoms with Crippen LogP contribution in [0.3, 0.4) is 0 Å². The van der Waals surface area contributed by atoms with Crippen LogP contribution in [0.1, 0.15) is 32.6 Å². The third-order valence-corrected chi connectivity index (χ3v) is 4.88. The first-order chi connectivity index (χ1) is 10.8. The van der Waals surface area contributed by atoms with Crippen molar-refractivity contribution in [3.8, 4) is 0 Å². The molecular weight excluding hydrogens is 345 g/mol. The number of hydrogen-bond acceptors (Lipinski definition) is 3. The van der Waals surface area contributed by atoms with Gasteiger partial charge < -0.3 is 14.7 Å². The van der Waals surface area contributed by atoms with E-state index in [1.165, 1.54) is 38.0 Å². The first-order valence-corrected chi connectivity index (χ1v) is 8.66. The molecule has 136 valence electrons. The fourth-order valence-electron chi connectivity index (χ4n) is 3.58. The lowest BCUT2D eigenvalue weighted by Gasteiger charge is -2.30. The molecule has 1 saturated heterocycles. The van der Waals surface area contributed by atoms with Crippen molar-refractivity contribution in [2.75, 3.05) is 49.1 Å². The summed E-state index contributed by atoms with van der Waals surface area (Å²) in [7, 11) is 0. The minimum Gasteiger partial charge on any atom is -0.370 e. The molecule has 0 radical (unpaired) electrons. The summed E-state index contributed by atoms with van der Waals surface area (Å²) in [6.45, 7) is 8.11. The van der Waals surface area contributed by atoms with Crippen LogP contribution in [-0.2, 0) is 4.79 Å². The van der Waals surface area contributed by atoms with Crippen molar-refractivity contribution in [2.24, 2.45) is 0 Å². The van der Waals surface area contributed by atoms with Gasteiger partial charge in [0, 0.05) is 32.6 Å². The zero-order valence-electron chi connectivity index (χ0n) is 14.4. The molecule has 0 spiro atoms. The van der Waals surface area contributed by atoms with Gasteiger partial charge in [-0.3, -0.25) is 4.79 Å². The van der Waals surface area contributed by atoms with Crippen LogP contribution in [-0.4, -0.2) is 50.1 Å². The Bertz CT molecular complexity index is 521. The number of piperidine rings is 1. The number of halogens is 2. The number of amides is 1. The standard InChI is InChI=1S/C18H27N3O.2ClH/c1-2-20-13-10-18(22)21(17-9-5-4-8-16(17)20)15-14-19-11-6-3-7-12-19;;/h4-5,8-9H,2-3,6-7,10-15H2,1H3;2*1H. The highest BCUT2D eigenvalue weighted by Crippen LogP contribution is 2.32. The quantitative estimate of drug-likeness (QED) is 0.806. The summed E-state index contributed by atoms with van der Waals surface area (Å²) in [5, 5.41) is 0. The first-order valence-electron chi connectivity index (χ1n) is 8.66.